The number of hydrogen-bond donors (Lipinski definition) is 1. The van der Waals surface area contributed by atoms with Crippen LogP contribution in [-0.4, -0.2) is 25.0 Å². The van der Waals surface area contributed by atoms with Crippen molar-refractivity contribution in [3.63, 3.8) is 0 Å². The average molecular weight is 292 g/mol. The van der Waals surface area contributed by atoms with E-state index in [1.54, 1.807) is 12.4 Å². The van der Waals surface area contributed by atoms with Crippen molar-refractivity contribution < 1.29 is 0 Å². The lowest BCUT2D eigenvalue weighted by Crippen LogP contribution is -2.01. The highest BCUT2D eigenvalue weighted by atomic mass is 15.4. The third-order valence-corrected chi connectivity index (χ3v) is 3.86. The van der Waals surface area contributed by atoms with Crippen LogP contribution in [0, 0.1) is 6.92 Å². The highest BCUT2D eigenvalue weighted by Crippen LogP contribution is 2.18. The second kappa shape index (κ2) is 5.31. The van der Waals surface area contributed by atoms with E-state index in [4.69, 9.17) is 0 Å². The van der Waals surface area contributed by atoms with Crippen molar-refractivity contribution in [2.75, 3.05) is 0 Å². The Morgan fingerprint density at radius 2 is 1.95 bits per heavy atom. The van der Waals surface area contributed by atoms with E-state index in [1.165, 1.54) is 16.7 Å². The smallest absolute Gasteiger partial charge is 0.125 e. The van der Waals surface area contributed by atoms with Gasteiger partial charge in [-0.25, -0.2) is 14.6 Å². The predicted octanol–water partition coefficient (Wildman–Crippen LogP) is 1.70. The van der Waals surface area contributed by atoms with Gasteiger partial charge in [0.25, 0.3) is 0 Å². The van der Waals surface area contributed by atoms with Crippen molar-refractivity contribution in [2.24, 2.45) is 0 Å². The zero-order valence-corrected chi connectivity index (χ0v) is 12.3. The molecule has 1 aliphatic heterocycles. The van der Waals surface area contributed by atoms with Crippen LogP contribution < -0.4 is 5.32 Å². The van der Waals surface area contributed by atoms with E-state index in [9.17, 15) is 0 Å². The SMILES string of the molecule is Cc1ncc(-c2cn(Cc3ccc4c(c3)CNC4)nn2)cn1. The Morgan fingerprint density at radius 1 is 1.14 bits per heavy atom. The summed E-state index contributed by atoms with van der Waals surface area (Å²) in [5.41, 5.74) is 5.68. The molecule has 0 atom stereocenters. The summed E-state index contributed by atoms with van der Waals surface area (Å²) in [7, 11) is 0. The molecular formula is C16H16N6. The van der Waals surface area contributed by atoms with E-state index < -0.39 is 0 Å². The third-order valence-electron chi connectivity index (χ3n) is 3.86. The van der Waals surface area contributed by atoms with Gasteiger partial charge in [0, 0.05) is 31.0 Å². The summed E-state index contributed by atoms with van der Waals surface area (Å²) in [5.74, 6) is 0.753. The van der Waals surface area contributed by atoms with Gasteiger partial charge in [-0.05, 0) is 23.6 Å². The Bertz CT molecular complexity index is 806. The first-order valence-electron chi connectivity index (χ1n) is 7.28. The highest BCUT2D eigenvalue weighted by Gasteiger charge is 2.11. The van der Waals surface area contributed by atoms with Crippen LogP contribution in [0.3, 0.4) is 0 Å². The number of nitrogens with zero attached hydrogens (tertiary/aromatic N) is 5. The van der Waals surface area contributed by atoms with E-state index in [1.807, 2.05) is 17.8 Å². The van der Waals surface area contributed by atoms with Crippen molar-refractivity contribution in [1.29, 1.82) is 0 Å². The molecule has 0 unspecified atom stereocenters. The first kappa shape index (κ1) is 13.1. The van der Waals surface area contributed by atoms with Gasteiger partial charge in [0.2, 0.25) is 0 Å². The number of hydrogen-bond acceptors (Lipinski definition) is 5. The van der Waals surface area contributed by atoms with Gasteiger partial charge < -0.3 is 5.32 Å². The van der Waals surface area contributed by atoms with Gasteiger partial charge in [0.15, 0.2) is 0 Å². The monoisotopic (exact) mass is 292 g/mol. The topological polar surface area (TPSA) is 68.5 Å². The molecule has 0 spiro atoms. The van der Waals surface area contributed by atoms with Crippen LogP contribution in [0.15, 0.2) is 36.8 Å². The van der Waals surface area contributed by atoms with E-state index in [-0.39, 0.29) is 0 Å². The number of benzene rings is 1. The summed E-state index contributed by atoms with van der Waals surface area (Å²) in [6.07, 6.45) is 5.48. The summed E-state index contributed by atoms with van der Waals surface area (Å²) in [5, 5.41) is 11.8. The van der Waals surface area contributed by atoms with Crippen LogP contribution >= 0.6 is 0 Å². The Labute approximate surface area is 128 Å². The normalized spacial score (nSPS) is 13.3. The van der Waals surface area contributed by atoms with Crippen LogP contribution in [0.1, 0.15) is 22.5 Å². The molecule has 6 nitrogen and oxygen atoms in total. The van der Waals surface area contributed by atoms with Gasteiger partial charge >= 0.3 is 0 Å². The molecule has 1 N–H and O–H groups in total. The molecule has 6 heteroatoms. The largest absolute Gasteiger partial charge is 0.309 e. The summed E-state index contributed by atoms with van der Waals surface area (Å²) < 4.78 is 1.85. The molecule has 0 amide bonds. The van der Waals surface area contributed by atoms with Crippen LogP contribution in [0.25, 0.3) is 11.3 Å². The van der Waals surface area contributed by atoms with Crippen molar-refractivity contribution >= 4 is 0 Å². The van der Waals surface area contributed by atoms with E-state index in [0.29, 0.717) is 6.54 Å². The Hall–Kier alpha value is -2.60. The quantitative estimate of drug-likeness (QED) is 0.795. The van der Waals surface area contributed by atoms with E-state index in [2.05, 4.69) is 43.8 Å². The number of rotatable bonds is 3. The maximum absolute atomic E-state index is 4.21. The van der Waals surface area contributed by atoms with Crippen LogP contribution in [0.4, 0.5) is 0 Å². The first-order valence-corrected chi connectivity index (χ1v) is 7.28. The molecule has 0 bridgehead atoms. The molecule has 2 aromatic heterocycles. The minimum absolute atomic E-state index is 0.715. The fourth-order valence-corrected chi connectivity index (χ4v) is 2.67. The van der Waals surface area contributed by atoms with Gasteiger partial charge in [-0.1, -0.05) is 23.4 Å². The van der Waals surface area contributed by atoms with Crippen LogP contribution in [0.5, 0.6) is 0 Å². The van der Waals surface area contributed by atoms with E-state index in [0.717, 1.165) is 30.2 Å². The Kier molecular flexibility index (Phi) is 3.16. The number of nitrogens with one attached hydrogen (secondary N) is 1. The van der Waals surface area contributed by atoms with Crippen LogP contribution in [0.2, 0.25) is 0 Å². The second-order valence-electron chi connectivity index (χ2n) is 5.53. The average Bonchev–Trinajstić information content (AvgIpc) is 3.17. The second-order valence-corrected chi connectivity index (χ2v) is 5.53. The standard InChI is InChI=1S/C16H16N6/c1-11-18-7-15(8-19-11)16-10-22(21-20-16)9-12-2-3-13-5-17-6-14(13)4-12/h2-4,7-8,10,17H,5-6,9H2,1H3. The van der Waals surface area contributed by atoms with E-state index >= 15 is 0 Å². The fraction of sp³-hybridized carbons (Fsp3) is 0.250. The van der Waals surface area contributed by atoms with Crippen molar-refractivity contribution in [3.8, 4) is 11.3 Å². The maximum Gasteiger partial charge on any atom is 0.125 e. The van der Waals surface area contributed by atoms with Crippen molar-refractivity contribution in [1.82, 2.24) is 30.3 Å². The molecule has 3 aromatic rings. The molecule has 0 aliphatic carbocycles. The van der Waals surface area contributed by atoms with Crippen LogP contribution in [-0.2, 0) is 19.6 Å². The lowest BCUT2D eigenvalue weighted by Gasteiger charge is -2.04. The molecule has 0 saturated carbocycles. The van der Waals surface area contributed by atoms with Crippen molar-refractivity contribution in [2.45, 2.75) is 26.6 Å². The minimum atomic E-state index is 0.715. The number of aromatic nitrogens is 5. The number of aryl methyl sites for hydroxylation is 1. The molecular weight excluding hydrogens is 276 g/mol. The molecule has 0 radical (unpaired) electrons. The van der Waals surface area contributed by atoms with Gasteiger partial charge in [0.05, 0.1) is 12.7 Å². The summed E-state index contributed by atoms with van der Waals surface area (Å²) >= 11 is 0. The fourth-order valence-electron chi connectivity index (χ4n) is 2.67. The number of fused-ring (bicyclic) bond motifs is 1. The molecule has 1 aliphatic rings. The Morgan fingerprint density at radius 3 is 2.82 bits per heavy atom. The van der Waals surface area contributed by atoms with Gasteiger partial charge in [-0.15, -0.1) is 5.10 Å². The molecule has 0 saturated heterocycles. The third kappa shape index (κ3) is 2.48. The summed E-state index contributed by atoms with van der Waals surface area (Å²) in [6, 6.07) is 6.59. The summed E-state index contributed by atoms with van der Waals surface area (Å²) in [6.45, 7) is 4.50. The zero-order valence-electron chi connectivity index (χ0n) is 12.3. The Balaban J connectivity index is 1.55. The first-order chi connectivity index (χ1) is 10.8. The molecule has 0 fully saturated rings. The summed E-state index contributed by atoms with van der Waals surface area (Å²) in [4.78, 5) is 8.39. The molecule has 1 aromatic carbocycles. The highest BCUT2D eigenvalue weighted by molar-refractivity contribution is 5.54. The molecule has 3 heterocycles. The van der Waals surface area contributed by atoms with Gasteiger partial charge in [-0.2, -0.15) is 0 Å². The van der Waals surface area contributed by atoms with Gasteiger partial charge in [0.1, 0.15) is 11.5 Å². The lowest BCUT2D eigenvalue weighted by atomic mass is 10.1. The molecule has 22 heavy (non-hydrogen) atoms. The molecule has 110 valence electrons. The minimum Gasteiger partial charge on any atom is -0.309 e. The van der Waals surface area contributed by atoms with Gasteiger partial charge in [-0.3, -0.25) is 0 Å². The lowest BCUT2D eigenvalue weighted by molar-refractivity contribution is 0.649. The molecule has 4 rings (SSSR count). The maximum atomic E-state index is 4.21. The zero-order chi connectivity index (χ0) is 14.9. The predicted molar refractivity (Wildman–Crippen MR) is 81.9 cm³/mol. The van der Waals surface area contributed by atoms with Crippen molar-refractivity contribution in [3.05, 3.63) is 59.3 Å².